The summed E-state index contributed by atoms with van der Waals surface area (Å²) in [4.78, 5) is 0.107. The highest BCUT2D eigenvalue weighted by atomic mass is 32.2. The quantitative estimate of drug-likeness (QED) is 0.862. The molecule has 1 aromatic heterocycles. The lowest BCUT2D eigenvalue weighted by Crippen LogP contribution is -2.29. The molecule has 1 unspecified atom stereocenters. The summed E-state index contributed by atoms with van der Waals surface area (Å²) in [6.45, 7) is 0.908. The molecule has 0 saturated heterocycles. The Labute approximate surface area is 134 Å². The Kier molecular flexibility index (Phi) is 4.56. The lowest BCUT2D eigenvalue weighted by molar-refractivity contribution is 0.0878. The number of furan rings is 1. The van der Waals surface area contributed by atoms with Gasteiger partial charge in [0, 0.05) is 19.7 Å². The van der Waals surface area contributed by atoms with Crippen molar-refractivity contribution in [3.63, 3.8) is 0 Å². The summed E-state index contributed by atoms with van der Waals surface area (Å²) in [6.07, 6.45) is 1.01. The number of rotatable bonds is 6. The van der Waals surface area contributed by atoms with Gasteiger partial charge in [-0.1, -0.05) is 0 Å². The van der Waals surface area contributed by atoms with E-state index in [1.165, 1.54) is 25.5 Å². The fourth-order valence-electron chi connectivity index (χ4n) is 2.23. The Morgan fingerprint density at radius 2 is 2.00 bits per heavy atom. The van der Waals surface area contributed by atoms with Crippen molar-refractivity contribution in [1.29, 1.82) is 0 Å². The Hall–Kier alpha value is -2.03. The Morgan fingerprint density at radius 1 is 1.22 bits per heavy atom. The van der Waals surface area contributed by atoms with Crippen molar-refractivity contribution in [3.05, 3.63) is 42.4 Å². The summed E-state index contributed by atoms with van der Waals surface area (Å²) in [5.41, 5.74) is 0. The zero-order valence-electron chi connectivity index (χ0n) is 12.5. The van der Waals surface area contributed by atoms with Gasteiger partial charge in [-0.05, 0) is 24.3 Å². The number of benzene rings is 1. The molecule has 0 fully saturated rings. The molecule has 1 aliphatic heterocycles. The molecule has 2 heterocycles. The normalized spacial score (nSPS) is 15.3. The molecule has 0 spiro atoms. The van der Waals surface area contributed by atoms with Gasteiger partial charge in [0.15, 0.2) is 11.5 Å². The van der Waals surface area contributed by atoms with Gasteiger partial charge in [-0.25, -0.2) is 13.1 Å². The predicted molar refractivity (Wildman–Crippen MR) is 81.1 cm³/mol. The summed E-state index contributed by atoms with van der Waals surface area (Å²) < 4.78 is 48.6. The minimum Gasteiger partial charge on any atom is -0.486 e. The van der Waals surface area contributed by atoms with E-state index in [2.05, 4.69) is 4.72 Å². The first kappa shape index (κ1) is 15.9. The molecule has 7 nitrogen and oxygen atoms in total. The van der Waals surface area contributed by atoms with Crippen molar-refractivity contribution >= 4 is 10.0 Å². The second-order valence-corrected chi connectivity index (χ2v) is 6.66. The molecule has 3 rings (SSSR count). The largest absolute Gasteiger partial charge is 0.486 e. The highest BCUT2D eigenvalue weighted by molar-refractivity contribution is 7.89. The zero-order valence-corrected chi connectivity index (χ0v) is 13.3. The number of ether oxygens (including phenoxy) is 3. The van der Waals surface area contributed by atoms with Gasteiger partial charge in [0.25, 0.3) is 0 Å². The minimum atomic E-state index is -3.70. The standard InChI is InChI=1S/C15H17NO6S/c1-19-15(12-3-2-6-20-12)10-16-23(17,18)11-4-5-13-14(9-11)22-8-7-21-13/h2-6,9,15-16H,7-8,10H2,1H3. The molecular formula is C15H17NO6S. The van der Waals surface area contributed by atoms with Crippen LogP contribution in [0, 0.1) is 0 Å². The molecule has 2 aromatic rings. The van der Waals surface area contributed by atoms with Crippen LogP contribution in [0.3, 0.4) is 0 Å². The number of fused-ring (bicyclic) bond motifs is 1. The van der Waals surface area contributed by atoms with Gasteiger partial charge in [-0.3, -0.25) is 0 Å². The molecule has 0 amide bonds. The first-order valence-electron chi connectivity index (χ1n) is 7.05. The van der Waals surface area contributed by atoms with Crippen molar-refractivity contribution in [1.82, 2.24) is 4.72 Å². The number of sulfonamides is 1. The maximum atomic E-state index is 12.4. The maximum Gasteiger partial charge on any atom is 0.240 e. The van der Waals surface area contributed by atoms with Gasteiger partial charge < -0.3 is 18.6 Å². The summed E-state index contributed by atoms with van der Waals surface area (Å²) in [5, 5.41) is 0. The van der Waals surface area contributed by atoms with Crippen molar-refractivity contribution in [2.45, 2.75) is 11.0 Å². The van der Waals surface area contributed by atoms with Crippen LogP contribution in [-0.2, 0) is 14.8 Å². The lowest BCUT2D eigenvalue weighted by Gasteiger charge is -2.19. The molecule has 0 saturated carbocycles. The van der Waals surface area contributed by atoms with E-state index in [1.54, 1.807) is 18.2 Å². The zero-order chi connectivity index (χ0) is 16.3. The third kappa shape index (κ3) is 3.49. The first-order valence-corrected chi connectivity index (χ1v) is 8.54. The average molecular weight is 339 g/mol. The second-order valence-electron chi connectivity index (χ2n) is 4.90. The Morgan fingerprint density at radius 3 is 2.70 bits per heavy atom. The number of hydrogen-bond donors (Lipinski definition) is 1. The molecule has 1 N–H and O–H groups in total. The predicted octanol–water partition coefficient (Wildman–Crippen LogP) is 1.72. The van der Waals surface area contributed by atoms with Crippen LogP contribution in [0.15, 0.2) is 45.9 Å². The molecule has 23 heavy (non-hydrogen) atoms. The summed E-state index contributed by atoms with van der Waals surface area (Å²) >= 11 is 0. The number of hydrogen-bond acceptors (Lipinski definition) is 6. The van der Waals surface area contributed by atoms with E-state index in [4.69, 9.17) is 18.6 Å². The van der Waals surface area contributed by atoms with E-state index in [9.17, 15) is 8.42 Å². The smallest absolute Gasteiger partial charge is 0.240 e. The molecule has 1 aromatic carbocycles. The van der Waals surface area contributed by atoms with Gasteiger partial charge in [0.1, 0.15) is 25.1 Å². The Balaban J connectivity index is 1.74. The van der Waals surface area contributed by atoms with Crippen molar-refractivity contribution in [2.75, 3.05) is 26.9 Å². The first-order chi connectivity index (χ1) is 11.1. The summed E-state index contributed by atoms with van der Waals surface area (Å²) in [6, 6.07) is 7.96. The number of methoxy groups -OCH3 is 1. The average Bonchev–Trinajstić information content (AvgIpc) is 3.09. The van der Waals surface area contributed by atoms with Crippen LogP contribution < -0.4 is 14.2 Å². The van der Waals surface area contributed by atoms with E-state index in [1.807, 2.05) is 0 Å². The maximum absolute atomic E-state index is 12.4. The van der Waals surface area contributed by atoms with Crippen molar-refractivity contribution in [3.8, 4) is 11.5 Å². The molecule has 0 aliphatic carbocycles. The highest BCUT2D eigenvalue weighted by Gasteiger charge is 2.22. The third-order valence-electron chi connectivity index (χ3n) is 3.43. The van der Waals surface area contributed by atoms with Crippen LogP contribution in [0.2, 0.25) is 0 Å². The molecule has 1 aliphatic rings. The molecule has 1 atom stereocenters. The Bertz CT molecular complexity index is 756. The van der Waals surface area contributed by atoms with Gasteiger partial charge in [0.2, 0.25) is 10.0 Å². The van der Waals surface area contributed by atoms with Crippen LogP contribution in [-0.4, -0.2) is 35.3 Å². The van der Waals surface area contributed by atoms with Crippen molar-refractivity contribution < 1.29 is 27.0 Å². The van der Waals surface area contributed by atoms with Crippen LogP contribution in [0.4, 0.5) is 0 Å². The summed E-state index contributed by atoms with van der Waals surface area (Å²) in [5.74, 6) is 1.52. The van der Waals surface area contributed by atoms with Crippen LogP contribution >= 0.6 is 0 Å². The van der Waals surface area contributed by atoms with Gasteiger partial charge >= 0.3 is 0 Å². The van der Waals surface area contributed by atoms with E-state index >= 15 is 0 Å². The molecule has 124 valence electrons. The molecule has 8 heteroatoms. The van der Waals surface area contributed by atoms with E-state index in [0.29, 0.717) is 30.5 Å². The molecular weight excluding hydrogens is 322 g/mol. The van der Waals surface area contributed by atoms with E-state index in [0.717, 1.165) is 0 Å². The molecule has 0 bridgehead atoms. The number of nitrogens with one attached hydrogen (secondary N) is 1. The van der Waals surface area contributed by atoms with Gasteiger partial charge in [-0.2, -0.15) is 0 Å². The monoisotopic (exact) mass is 339 g/mol. The topological polar surface area (TPSA) is 87.0 Å². The third-order valence-corrected chi connectivity index (χ3v) is 4.85. The van der Waals surface area contributed by atoms with Crippen LogP contribution in [0.1, 0.15) is 11.9 Å². The second kappa shape index (κ2) is 6.61. The molecule has 0 radical (unpaired) electrons. The summed E-state index contributed by atoms with van der Waals surface area (Å²) in [7, 11) is -2.21. The van der Waals surface area contributed by atoms with E-state index in [-0.39, 0.29) is 11.4 Å². The van der Waals surface area contributed by atoms with Gasteiger partial charge in [0.05, 0.1) is 11.2 Å². The van der Waals surface area contributed by atoms with E-state index < -0.39 is 16.1 Å². The van der Waals surface area contributed by atoms with Gasteiger partial charge in [-0.15, -0.1) is 0 Å². The minimum absolute atomic E-state index is 0.0563. The fourth-order valence-corrected chi connectivity index (χ4v) is 3.28. The SMILES string of the molecule is COC(CNS(=O)(=O)c1ccc2c(c1)OCCO2)c1ccco1. The van der Waals surface area contributed by atoms with Crippen molar-refractivity contribution in [2.24, 2.45) is 0 Å². The van der Waals surface area contributed by atoms with Crippen LogP contribution in [0.25, 0.3) is 0 Å². The fraction of sp³-hybridized carbons (Fsp3) is 0.333. The lowest BCUT2D eigenvalue weighted by atomic mass is 10.3. The van der Waals surface area contributed by atoms with Crippen LogP contribution in [0.5, 0.6) is 11.5 Å². The highest BCUT2D eigenvalue weighted by Crippen LogP contribution is 2.32.